The zero-order chi connectivity index (χ0) is 24.1. The topological polar surface area (TPSA) is 66.7 Å². The molecule has 0 unspecified atom stereocenters. The molecule has 4 rings (SSSR count). The lowest BCUT2D eigenvalue weighted by Crippen LogP contribution is -2.48. The average Bonchev–Trinajstić information content (AvgIpc) is 2.85. The lowest BCUT2D eigenvalue weighted by molar-refractivity contribution is -0.384. The number of piperazine rings is 1. The Morgan fingerprint density at radius 1 is 0.971 bits per heavy atom. The average molecular weight is 476 g/mol. The van der Waals surface area contributed by atoms with E-state index in [1.54, 1.807) is 6.07 Å². The van der Waals surface area contributed by atoms with E-state index in [9.17, 15) is 14.9 Å². The SMILES string of the molecule is CC(C)c1ccc(Sc2ccc([N+](=O)[O-])cc2C(=O)N2CCN(Cc3ccccc3)CC2)cc1. The molecule has 0 N–H and O–H groups in total. The normalized spacial score (nSPS) is 14.4. The molecule has 1 aliphatic heterocycles. The van der Waals surface area contributed by atoms with Crippen molar-refractivity contribution in [3.05, 3.63) is 99.6 Å². The third-order valence-corrected chi connectivity index (χ3v) is 7.17. The number of amides is 1. The minimum absolute atomic E-state index is 0.0643. The van der Waals surface area contributed by atoms with Crippen LogP contribution in [0.5, 0.6) is 0 Å². The second-order valence-corrected chi connectivity index (χ2v) is 9.93. The van der Waals surface area contributed by atoms with Gasteiger partial charge in [0, 0.05) is 54.6 Å². The quantitative estimate of drug-likeness (QED) is 0.318. The Labute approximate surface area is 204 Å². The molecule has 1 amide bonds. The fraction of sp³-hybridized carbons (Fsp3) is 0.296. The molecular weight excluding hydrogens is 446 g/mol. The van der Waals surface area contributed by atoms with Gasteiger partial charge in [0.05, 0.1) is 10.5 Å². The molecule has 1 heterocycles. The predicted octanol–water partition coefficient (Wildman–Crippen LogP) is 5.83. The van der Waals surface area contributed by atoms with Crippen LogP contribution in [0, 0.1) is 10.1 Å². The Hall–Kier alpha value is -3.16. The number of hydrogen-bond donors (Lipinski definition) is 0. The van der Waals surface area contributed by atoms with Gasteiger partial charge >= 0.3 is 0 Å². The second-order valence-electron chi connectivity index (χ2n) is 8.82. The number of carbonyl (C=O) groups is 1. The van der Waals surface area contributed by atoms with Gasteiger partial charge in [-0.05, 0) is 35.2 Å². The number of benzene rings is 3. The van der Waals surface area contributed by atoms with Crippen LogP contribution in [0.4, 0.5) is 5.69 Å². The van der Waals surface area contributed by atoms with Crippen molar-refractivity contribution in [2.24, 2.45) is 0 Å². The Bertz CT molecular complexity index is 1140. The van der Waals surface area contributed by atoms with Gasteiger partial charge in [0.2, 0.25) is 0 Å². The summed E-state index contributed by atoms with van der Waals surface area (Å²) in [4.78, 5) is 30.3. The van der Waals surface area contributed by atoms with E-state index < -0.39 is 4.92 Å². The Morgan fingerprint density at radius 3 is 2.26 bits per heavy atom. The summed E-state index contributed by atoms with van der Waals surface area (Å²) in [6.45, 7) is 7.89. The fourth-order valence-corrected chi connectivity index (χ4v) is 4.97. The van der Waals surface area contributed by atoms with Crippen LogP contribution in [-0.4, -0.2) is 46.8 Å². The maximum atomic E-state index is 13.5. The van der Waals surface area contributed by atoms with Crippen molar-refractivity contribution in [3.63, 3.8) is 0 Å². The number of rotatable bonds is 7. The molecule has 34 heavy (non-hydrogen) atoms. The first kappa shape index (κ1) is 24.0. The summed E-state index contributed by atoms with van der Waals surface area (Å²) in [5, 5.41) is 11.4. The molecule has 0 radical (unpaired) electrons. The lowest BCUT2D eigenvalue weighted by atomic mass is 10.0. The van der Waals surface area contributed by atoms with Crippen LogP contribution in [0.1, 0.15) is 41.3 Å². The molecule has 0 saturated carbocycles. The third-order valence-electron chi connectivity index (χ3n) is 6.09. The largest absolute Gasteiger partial charge is 0.336 e. The van der Waals surface area contributed by atoms with Gasteiger partial charge in [-0.2, -0.15) is 0 Å². The highest BCUT2D eigenvalue weighted by Crippen LogP contribution is 2.34. The molecule has 1 fully saturated rings. The second kappa shape index (κ2) is 10.8. The van der Waals surface area contributed by atoms with Crippen molar-refractivity contribution in [2.45, 2.75) is 36.1 Å². The third kappa shape index (κ3) is 5.85. The Kier molecular flexibility index (Phi) is 7.65. The van der Waals surface area contributed by atoms with Gasteiger partial charge in [-0.15, -0.1) is 0 Å². The molecule has 176 valence electrons. The van der Waals surface area contributed by atoms with E-state index in [0.29, 0.717) is 24.6 Å². The first-order valence-electron chi connectivity index (χ1n) is 11.5. The highest BCUT2D eigenvalue weighted by atomic mass is 32.2. The van der Waals surface area contributed by atoms with Crippen LogP contribution in [0.2, 0.25) is 0 Å². The summed E-state index contributed by atoms with van der Waals surface area (Å²) < 4.78 is 0. The van der Waals surface area contributed by atoms with Gasteiger partial charge in [0.1, 0.15) is 0 Å². The van der Waals surface area contributed by atoms with Crippen molar-refractivity contribution in [2.75, 3.05) is 26.2 Å². The maximum absolute atomic E-state index is 13.5. The fourth-order valence-electron chi connectivity index (χ4n) is 4.06. The van der Waals surface area contributed by atoms with Gasteiger partial charge in [-0.3, -0.25) is 19.8 Å². The van der Waals surface area contributed by atoms with E-state index in [0.717, 1.165) is 29.4 Å². The van der Waals surface area contributed by atoms with E-state index in [-0.39, 0.29) is 11.6 Å². The summed E-state index contributed by atoms with van der Waals surface area (Å²) in [6, 6.07) is 23.1. The van der Waals surface area contributed by atoms with Gasteiger partial charge in [-0.1, -0.05) is 68.1 Å². The van der Waals surface area contributed by atoms with Gasteiger partial charge < -0.3 is 4.90 Å². The standard InChI is InChI=1S/C27H29N3O3S/c1-20(2)22-8-11-24(12-9-22)34-26-13-10-23(30(32)33)18-25(26)27(31)29-16-14-28(15-17-29)19-21-6-4-3-5-7-21/h3-13,18,20H,14-17,19H2,1-2H3. The molecule has 0 bridgehead atoms. The van der Waals surface area contributed by atoms with Crippen LogP contribution in [0.3, 0.4) is 0 Å². The molecule has 1 saturated heterocycles. The minimum Gasteiger partial charge on any atom is -0.336 e. The number of hydrogen-bond acceptors (Lipinski definition) is 5. The zero-order valence-electron chi connectivity index (χ0n) is 19.5. The first-order valence-corrected chi connectivity index (χ1v) is 12.3. The van der Waals surface area contributed by atoms with Gasteiger partial charge in [-0.25, -0.2) is 0 Å². The monoisotopic (exact) mass is 475 g/mol. The van der Waals surface area contributed by atoms with Crippen LogP contribution in [0.25, 0.3) is 0 Å². The lowest BCUT2D eigenvalue weighted by Gasteiger charge is -2.35. The number of nitro groups is 1. The number of nitrogens with zero attached hydrogens (tertiary/aromatic N) is 3. The maximum Gasteiger partial charge on any atom is 0.270 e. The van der Waals surface area contributed by atoms with Crippen LogP contribution < -0.4 is 0 Å². The number of nitro benzene ring substituents is 1. The predicted molar refractivity (Wildman–Crippen MR) is 135 cm³/mol. The van der Waals surface area contributed by atoms with Crippen molar-refractivity contribution in [3.8, 4) is 0 Å². The van der Waals surface area contributed by atoms with Gasteiger partial charge in [0.25, 0.3) is 11.6 Å². The molecule has 3 aromatic carbocycles. The number of non-ortho nitro benzene ring substituents is 1. The van der Waals surface area contributed by atoms with E-state index >= 15 is 0 Å². The highest BCUT2D eigenvalue weighted by Gasteiger charge is 2.26. The van der Waals surface area contributed by atoms with Gasteiger partial charge in [0.15, 0.2) is 0 Å². The Morgan fingerprint density at radius 2 is 1.65 bits per heavy atom. The molecule has 7 heteroatoms. The van der Waals surface area contributed by atoms with E-state index in [1.807, 2.05) is 35.2 Å². The highest BCUT2D eigenvalue weighted by molar-refractivity contribution is 7.99. The van der Waals surface area contributed by atoms with Crippen LogP contribution >= 0.6 is 11.8 Å². The van der Waals surface area contributed by atoms with E-state index in [1.165, 1.54) is 35.0 Å². The van der Waals surface area contributed by atoms with Crippen molar-refractivity contribution in [1.29, 1.82) is 0 Å². The van der Waals surface area contributed by atoms with E-state index in [4.69, 9.17) is 0 Å². The molecule has 0 atom stereocenters. The van der Waals surface area contributed by atoms with Crippen molar-refractivity contribution < 1.29 is 9.72 Å². The summed E-state index contributed by atoms with van der Waals surface area (Å²) >= 11 is 1.47. The van der Waals surface area contributed by atoms with Crippen LogP contribution in [-0.2, 0) is 6.54 Å². The summed E-state index contributed by atoms with van der Waals surface area (Å²) in [6.07, 6.45) is 0. The molecule has 0 aromatic heterocycles. The minimum atomic E-state index is -0.444. The molecule has 6 nitrogen and oxygen atoms in total. The van der Waals surface area contributed by atoms with Crippen molar-refractivity contribution >= 4 is 23.4 Å². The molecule has 0 spiro atoms. The summed E-state index contributed by atoms with van der Waals surface area (Å²) in [5.74, 6) is 0.292. The smallest absolute Gasteiger partial charge is 0.270 e. The van der Waals surface area contributed by atoms with E-state index in [2.05, 4.69) is 43.0 Å². The van der Waals surface area contributed by atoms with Crippen molar-refractivity contribution in [1.82, 2.24) is 9.80 Å². The molecule has 3 aromatic rings. The molecular formula is C27H29N3O3S. The Balaban J connectivity index is 1.49. The number of carbonyl (C=O) groups excluding carboxylic acids is 1. The molecule has 1 aliphatic rings. The zero-order valence-corrected chi connectivity index (χ0v) is 20.3. The first-order chi connectivity index (χ1) is 16.4. The van der Waals surface area contributed by atoms with Crippen LogP contribution in [0.15, 0.2) is 82.6 Å². The summed E-state index contributed by atoms with van der Waals surface area (Å²) in [5.41, 5.74) is 2.83. The molecule has 0 aliphatic carbocycles. The summed E-state index contributed by atoms with van der Waals surface area (Å²) in [7, 11) is 0.